The van der Waals surface area contributed by atoms with Crippen molar-refractivity contribution in [2.75, 3.05) is 0 Å². The van der Waals surface area contributed by atoms with Gasteiger partial charge in [0.05, 0.1) is 61.9 Å². The van der Waals surface area contributed by atoms with Crippen molar-refractivity contribution in [3.05, 3.63) is 0 Å². The second kappa shape index (κ2) is 26.0. The largest absolute Gasteiger partial charge is 0.481 e. The summed E-state index contributed by atoms with van der Waals surface area (Å²) in [6.45, 7) is 8.35. The van der Waals surface area contributed by atoms with Crippen LogP contribution in [0.4, 0.5) is 0 Å². The van der Waals surface area contributed by atoms with E-state index in [9.17, 15) is 59.1 Å². The molecule has 0 saturated carbocycles. The minimum Gasteiger partial charge on any atom is -0.481 e. The third-order valence-electron chi connectivity index (χ3n) is 9.01. The van der Waals surface area contributed by atoms with E-state index in [1.54, 1.807) is 20.8 Å². The van der Waals surface area contributed by atoms with Crippen LogP contribution in [0.1, 0.15) is 125 Å². The van der Waals surface area contributed by atoms with Crippen LogP contribution in [0.5, 0.6) is 0 Å². The molecule has 0 radical (unpaired) electrons. The zero-order valence-corrected chi connectivity index (χ0v) is 31.5. The highest BCUT2D eigenvalue weighted by Gasteiger charge is 2.37. The fraction of sp³-hybridized carbons (Fsp3) is 0.806. The van der Waals surface area contributed by atoms with Crippen LogP contribution in [-0.4, -0.2) is 114 Å². The van der Waals surface area contributed by atoms with E-state index in [4.69, 9.17) is 19.7 Å². The highest BCUT2D eigenvalue weighted by molar-refractivity contribution is 5.84. The molecule has 10 atom stereocenters. The Balaban J connectivity index is 5.90. The van der Waals surface area contributed by atoms with Gasteiger partial charge in [-0.25, -0.2) is 0 Å². The number of carbonyl (C=O) groups excluding carboxylic acids is 3. The number of carbonyl (C=O) groups is 7. The van der Waals surface area contributed by atoms with Gasteiger partial charge in [-0.15, -0.1) is 0 Å². The Morgan fingerprint density at radius 3 is 1.53 bits per heavy atom. The van der Waals surface area contributed by atoms with Crippen LogP contribution in [0.25, 0.3) is 0 Å². The molecule has 0 unspecified atom stereocenters. The number of rotatable bonds is 30. The molecule has 0 aromatic carbocycles. The standard InChI is InChI=1S/C36H61NO16/c1-6-7-10-21(3)34(53-33(47)18-25(36(50)51)16-31(44)45)29(52-32(46)17-24(35(48)49)15-30(42)43)14-20(2)13-26(39)11-8-9-12-27(40)19-28(41)22(4)37-23(5)38/h20-22,24-29,34,39-41H,6-19H2,1-5H3,(H,37,38)(H,42,43)(H,44,45)(H,48,49)(H,50,51)/t20-,21+,22+,24-,25-,26-,27+,28+,29+,34+/m1/s1. The molecular weight excluding hydrogens is 702 g/mol. The van der Waals surface area contributed by atoms with E-state index in [-0.39, 0.29) is 31.1 Å². The molecule has 53 heavy (non-hydrogen) atoms. The van der Waals surface area contributed by atoms with E-state index in [1.807, 2.05) is 6.92 Å². The number of ether oxygens (including phenoxy) is 2. The van der Waals surface area contributed by atoms with Gasteiger partial charge in [-0.1, -0.05) is 46.5 Å². The SMILES string of the molecule is CCCC[C@H](C)[C@H](OC(=O)C[C@@H](CC(=O)O)C(=O)O)[C@H](C[C@H](C)C[C@H](O)CCCC[C@H](O)C[C@H](O)[C@H](C)NC(C)=O)OC(=O)C[C@@H](CC(=O)O)C(=O)O. The lowest BCUT2D eigenvalue weighted by Crippen LogP contribution is -2.42. The van der Waals surface area contributed by atoms with E-state index in [1.165, 1.54) is 6.92 Å². The number of hydrogen-bond donors (Lipinski definition) is 8. The maximum absolute atomic E-state index is 13.1. The van der Waals surface area contributed by atoms with E-state index in [0.717, 1.165) is 6.42 Å². The van der Waals surface area contributed by atoms with Gasteiger partial charge >= 0.3 is 35.8 Å². The zero-order valence-electron chi connectivity index (χ0n) is 31.5. The fourth-order valence-corrected chi connectivity index (χ4v) is 6.09. The van der Waals surface area contributed by atoms with Crippen LogP contribution < -0.4 is 5.32 Å². The number of carboxylic acids is 4. The summed E-state index contributed by atoms with van der Waals surface area (Å²) in [7, 11) is 0. The van der Waals surface area contributed by atoms with E-state index < -0.39 is 116 Å². The predicted octanol–water partition coefficient (Wildman–Crippen LogP) is 2.74. The molecule has 0 spiro atoms. The normalized spacial score (nSPS) is 17.1. The molecule has 0 aliphatic carbocycles. The Bertz CT molecular complexity index is 1180. The first kappa shape index (κ1) is 49.2. The number of aliphatic hydroxyl groups is 3. The van der Waals surface area contributed by atoms with Crippen LogP contribution >= 0.6 is 0 Å². The molecule has 306 valence electrons. The molecule has 0 saturated heterocycles. The zero-order chi connectivity index (χ0) is 40.8. The van der Waals surface area contributed by atoms with Crippen LogP contribution in [0.15, 0.2) is 0 Å². The second-order valence-corrected chi connectivity index (χ2v) is 14.2. The van der Waals surface area contributed by atoms with Crippen molar-refractivity contribution in [2.24, 2.45) is 23.7 Å². The Morgan fingerprint density at radius 1 is 0.623 bits per heavy atom. The molecule has 0 heterocycles. The number of aliphatic carboxylic acids is 4. The first-order chi connectivity index (χ1) is 24.7. The number of nitrogens with one attached hydrogen (secondary N) is 1. The summed E-state index contributed by atoms with van der Waals surface area (Å²) in [6, 6.07) is -0.534. The van der Waals surface area contributed by atoms with Gasteiger partial charge in [-0.3, -0.25) is 33.6 Å². The number of aliphatic hydroxyl groups excluding tert-OH is 3. The summed E-state index contributed by atoms with van der Waals surface area (Å²) in [5.41, 5.74) is 0. The Labute approximate surface area is 310 Å². The van der Waals surface area contributed by atoms with E-state index in [0.29, 0.717) is 38.5 Å². The quantitative estimate of drug-likeness (QED) is 0.0385. The third-order valence-corrected chi connectivity index (χ3v) is 9.01. The Morgan fingerprint density at radius 2 is 1.09 bits per heavy atom. The molecule has 0 rings (SSSR count). The van der Waals surface area contributed by atoms with Crippen molar-refractivity contribution in [3.63, 3.8) is 0 Å². The van der Waals surface area contributed by atoms with Gasteiger partial charge in [0, 0.05) is 13.3 Å². The number of esters is 2. The van der Waals surface area contributed by atoms with Gasteiger partial charge in [0.15, 0.2) is 0 Å². The average Bonchev–Trinajstić information content (AvgIpc) is 3.02. The van der Waals surface area contributed by atoms with Crippen LogP contribution in [0.2, 0.25) is 0 Å². The first-order valence-corrected chi connectivity index (χ1v) is 18.3. The van der Waals surface area contributed by atoms with Gasteiger partial charge in [-0.2, -0.15) is 0 Å². The summed E-state index contributed by atoms with van der Waals surface area (Å²) in [5.74, 6) is -12.4. The molecule has 0 fully saturated rings. The summed E-state index contributed by atoms with van der Waals surface area (Å²) in [5, 5.41) is 71.0. The van der Waals surface area contributed by atoms with E-state index >= 15 is 0 Å². The highest BCUT2D eigenvalue weighted by Crippen LogP contribution is 2.29. The number of unbranched alkanes of at least 4 members (excludes halogenated alkanes) is 2. The number of amides is 1. The topological polar surface area (TPSA) is 292 Å². The lowest BCUT2D eigenvalue weighted by molar-refractivity contribution is -0.177. The van der Waals surface area contributed by atoms with Crippen molar-refractivity contribution >= 4 is 41.7 Å². The van der Waals surface area contributed by atoms with Gasteiger partial charge in [0.2, 0.25) is 5.91 Å². The lowest BCUT2D eigenvalue weighted by Gasteiger charge is -2.33. The number of hydrogen-bond acceptors (Lipinski definition) is 12. The minimum atomic E-state index is -1.60. The molecule has 1 amide bonds. The Hall–Kier alpha value is -3.83. The smallest absolute Gasteiger partial charge is 0.307 e. The second-order valence-electron chi connectivity index (χ2n) is 14.2. The van der Waals surface area contributed by atoms with Crippen LogP contribution in [-0.2, 0) is 43.0 Å². The highest BCUT2D eigenvalue weighted by atomic mass is 16.6. The third kappa shape index (κ3) is 22.8. The molecule has 0 aliphatic heterocycles. The monoisotopic (exact) mass is 763 g/mol. The molecular formula is C36H61NO16. The maximum Gasteiger partial charge on any atom is 0.307 e. The summed E-state index contributed by atoms with van der Waals surface area (Å²) < 4.78 is 11.4. The lowest BCUT2D eigenvalue weighted by atomic mass is 9.87. The molecule has 17 heteroatoms. The average molecular weight is 764 g/mol. The first-order valence-electron chi connectivity index (χ1n) is 18.3. The summed E-state index contributed by atoms with van der Waals surface area (Å²) in [4.78, 5) is 83.0. The molecule has 17 nitrogen and oxygen atoms in total. The van der Waals surface area contributed by atoms with Crippen LogP contribution in [0.3, 0.4) is 0 Å². The minimum absolute atomic E-state index is 0.00838. The fourth-order valence-electron chi connectivity index (χ4n) is 6.09. The number of carboxylic acid groups (broad SMARTS) is 4. The van der Waals surface area contributed by atoms with Gasteiger partial charge in [-0.05, 0) is 50.9 Å². The van der Waals surface area contributed by atoms with Crippen molar-refractivity contribution in [3.8, 4) is 0 Å². The molecule has 8 N–H and O–H groups in total. The predicted molar refractivity (Wildman–Crippen MR) is 187 cm³/mol. The van der Waals surface area contributed by atoms with Gasteiger partial charge < -0.3 is 50.5 Å². The summed E-state index contributed by atoms with van der Waals surface area (Å²) >= 11 is 0. The Kier molecular flexibility index (Phi) is 24.1. The van der Waals surface area contributed by atoms with Gasteiger partial charge in [0.25, 0.3) is 0 Å². The van der Waals surface area contributed by atoms with Crippen molar-refractivity contribution in [1.29, 1.82) is 0 Å². The maximum atomic E-state index is 13.1. The van der Waals surface area contributed by atoms with Crippen molar-refractivity contribution in [2.45, 2.75) is 161 Å². The van der Waals surface area contributed by atoms with Gasteiger partial charge in [0.1, 0.15) is 12.2 Å². The molecule has 0 aromatic rings. The molecule has 0 bridgehead atoms. The molecule has 0 aliphatic rings. The van der Waals surface area contributed by atoms with Crippen LogP contribution in [0, 0.1) is 23.7 Å². The van der Waals surface area contributed by atoms with E-state index in [2.05, 4.69) is 5.32 Å². The van der Waals surface area contributed by atoms with Crippen molar-refractivity contribution in [1.82, 2.24) is 5.32 Å². The van der Waals surface area contributed by atoms with Crippen molar-refractivity contribution < 1.29 is 78.8 Å². The summed E-state index contributed by atoms with van der Waals surface area (Å²) in [6.07, 6.45) is -4.36. The molecule has 0 aromatic heterocycles.